The summed E-state index contributed by atoms with van der Waals surface area (Å²) in [7, 11) is 0. The average Bonchev–Trinajstić information content (AvgIpc) is 2.97. The van der Waals surface area contributed by atoms with Crippen molar-refractivity contribution in [3.05, 3.63) is 52.0 Å². The maximum absolute atomic E-state index is 12.2. The molecule has 1 aromatic heterocycles. The predicted molar refractivity (Wildman–Crippen MR) is 93.7 cm³/mol. The van der Waals surface area contributed by atoms with Crippen molar-refractivity contribution >= 4 is 40.6 Å². The Hall–Kier alpha value is -0.780. The lowest BCUT2D eigenvalue weighted by atomic mass is 10.1. The third-order valence-corrected chi connectivity index (χ3v) is 7.66. The number of rotatable bonds is 4. The maximum atomic E-state index is 12.2. The van der Waals surface area contributed by atoms with Gasteiger partial charge in [-0.1, -0.05) is 37.3 Å². The van der Waals surface area contributed by atoms with E-state index in [1.807, 2.05) is 59.2 Å². The quantitative estimate of drug-likeness (QED) is 0.771. The van der Waals surface area contributed by atoms with Crippen molar-refractivity contribution in [1.29, 1.82) is 0 Å². The first kappa shape index (κ1) is 15.1. The van der Waals surface area contributed by atoms with Crippen LogP contribution in [0.3, 0.4) is 0 Å². The first-order valence-electron chi connectivity index (χ1n) is 7.00. The van der Waals surface area contributed by atoms with E-state index in [0.29, 0.717) is 16.9 Å². The monoisotopic (exact) mass is 335 g/mol. The van der Waals surface area contributed by atoms with Crippen molar-refractivity contribution in [3.8, 4) is 0 Å². The Morgan fingerprint density at radius 2 is 2.00 bits per heavy atom. The van der Waals surface area contributed by atoms with Crippen LogP contribution in [-0.2, 0) is 6.42 Å². The van der Waals surface area contributed by atoms with Crippen LogP contribution in [0.25, 0.3) is 0 Å². The fourth-order valence-corrected chi connectivity index (χ4v) is 6.32. The molecule has 0 bridgehead atoms. The number of ketones is 1. The SMILES string of the molecule is CC1SCCSC1c1nc(CC(=O)c2ccccc2)cs1. The van der Waals surface area contributed by atoms with Gasteiger partial charge in [0.1, 0.15) is 5.01 Å². The normalized spacial score (nSPS) is 22.1. The van der Waals surface area contributed by atoms with Gasteiger partial charge in [-0.3, -0.25) is 4.79 Å². The third kappa shape index (κ3) is 3.71. The molecule has 1 fully saturated rings. The van der Waals surface area contributed by atoms with Gasteiger partial charge in [0, 0.05) is 27.7 Å². The second-order valence-corrected chi connectivity index (χ2v) is 8.63. The van der Waals surface area contributed by atoms with Crippen LogP contribution in [0.4, 0.5) is 0 Å². The van der Waals surface area contributed by atoms with Crippen molar-refractivity contribution in [3.63, 3.8) is 0 Å². The van der Waals surface area contributed by atoms with Gasteiger partial charge in [0.2, 0.25) is 0 Å². The van der Waals surface area contributed by atoms with Crippen LogP contribution in [0.2, 0.25) is 0 Å². The highest BCUT2D eigenvalue weighted by molar-refractivity contribution is 8.06. The number of carbonyl (C=O) groups excluding carboxylic acids is 1. The molecule has 0 spiro atoms. The molecule has 0 saturated carbocycles. The second kappa shape index (κ2) is 6.99. The largest absolute Gasteiger partial charge is 0.294 e. The zero-order valence-corrected chi connectivity index (χ0v) is 14.3. The summed E-state index contributed by atoms with van der Waals surface area (Å²) in [6.07, 6.45) is 0.402. The highest BCUT2D eigenvalue weighted by atomic mass is 32.2. The van der Waals surface area contributed by atoms with Gasteiger partial charge in [0.05, 0.1) is 17.4 Å². The number of carbonyl (C=O) groups is 1. The van der Waals surface area contributed by atoms with Gasteiger partial charge >= 0.3 is 0 Å². The summed E-state index contributed by atoms with van der Waals surface area (Å²) < 4.78 is 0. The van der Waals surface area contributed by atoms with Gasteiger partial charge in [-0.25, -0.2) is 4.98 Å². The van der Waals surface area contributed by atoms with Crippen LogP contribution in [0, 0.1) is 0 Å². The van der Waals surface area contributed by atoms with Crippen molar-refractivity contribution < 1.29 is 4.79 Å². The summed E-state index contributed by atoms with van der Waals surface area (Å²) in [4.78, 5) is 16.9. The maximum Gasteiger partial charge on any atom is 0.168 e. The topological polar surface area (TPSA) is 30.0 Å². The Bertz CT molecular complexity index is 611. The minimum atomic E-state index is 0.145. The number of hydrogen-bond acceptors (Lipinski definition) is 5. The van der Waals surface area contributed by atoms with E-state index in [0.717, 1.165) is 11.3 Å². The third-order valence-electron chi connectivity index (χ3n) is 3.44. The molecule has 110 valence electrons. The minimum absolute atomic E-state index is 0.145. The highest BCUT2D eigenvalue weighted by Gasteiger charge is 2.26. The van der Waals surface area contributed by atoms with Crippen LogP contribution >= 0.6 is 34.9 Å². The summed E-state index contributed by atoms with van der Waals surface area (Å²) in [6, 6.07) is 9.46. The number of thioether (sulfide) groups is 2. The molecule has 0 amide bonds. The molecule has 2 aromatic rings. The molecule has 1 saturated heterocycles. The van der Waals surface area contributed by atoms with Gasteiger partial charge in [0.15, 0.2) is 5.78 Å². The van der Waals surface area contributed by atoms with Crippen molar-refractivity contribution in [2.75, 3.05) is 11.5 Å². The van der Waals surface area contributed by atoms with Crippen LogP contribution in [-0.4, -0.2) is 27.5 Å². The lowest BCUT2D eigenvalue weighted by Gasteiger charge is -2.25. The second-order valence-electron chi connectivity index (χ2n) is 5.01. The van der Waals surface area contributed by atoms with E-state index >= 15 is 0 Å². The summed E-state index contributed by atoms with van der Waals surface area (Å²) in [5.74, 6) is 2.57. The minimum Gasteiger partial charge on any atom is -0.294 e. The summed E-state index contributed by atoms with van der Waals surface area (Å²) in [6.45, 7) is 2.28. The highest BCUT2D eigenvalue weighted by Crippen LogP contribution is 2.43. The summed E-state index contributed by atoms with van der Waals surface area (Å²) >= 11 is 5.71. The number of nitrogens with zero attached hydrogens (tertiary/aromatic N) is 1. The van der Waals surface area contributed by atoms with Gasteiger partial charge in [-0.15, -0.1) is 23.1 Å². The molecule has 2 unspecified atom stereocenters. The fourth-order valence-electron chi connectivity index (χ4n) is 2.33. The molecular formula is C16H17NOS3. The molecule has 5 heteroatoms. The van der Waals surface area contributed by atoms with E-state index in [9.17, 15) is 4.79 Å². The molecule has 3 rings (SSSR count). The zero-order chi connectivity index (χ0) is 14.7. The standard InChI is InChI=1S/C16H17NOS3/c1-11-15(20-8-7-19-11)16-17-13(10-21-16)9-14(18)12-5-3-2-4-6-12/h2-6,10-11,15H,7-9H2,1H3. The smallest absolute Gasteiger partial charge is 0.168 e. The van der Waals surface area contributed by atoms with Crippen LogP contribution in [0.15, 0.2) is 35.7 Å². The molecule has 1 aliphatic heterocycles. The molecule has 1 aliphatic rings. The molecular weight excluding hydrogens is 318 g/mol. The van der Waals surface area contributed by atoms with E-state index in [2.05, 4.69) is 6.92 Å². The molecule has 2 nitrogen and oxygen atoms in total. The van der Waals surface area contributed by atoms with Gasteiger partial charge in [-0.2, -0.15) is 11.8 Å². The Kier molecular flexibility index (Phi) is 5.03. The molecule has 0 aliphatic carbocycles. The number of aromatic nitrogens is 1. The van der Waals surface area contributed by atoms with Crippen molar-refractivity contribution in [2.24, 2.45) is 0 Å². The number of thiazole rings is 1. The van der Waals surface area contributed by atoms with E-state index in [1.54, 1.807) is 11.3 Å². The molecule has 2 atom stereocenters. The lowest BCUT2D eigenvalue weighted by molar-refractivity contribution is 0.0992. The first-order valence-corrected chi connectivity index (χ1v) is 9.97. The zero-order valence-electron chi connectivity index (χ0n) is 11.8. The number of hydrogen-bond donors (Lipinski definition) is 0. The van der Waals surface area contributed by atoms with E-state index in [-0.39, 0.29) is 5.78 Å². The Morgan fingerprint density at radius 3 is 2.76 bits per heavy atom. The summed E-state index contributed by atoms with van der Waals surface area (Å²) in [5.41, 5.74) is 1.68. The molecule has 2 heterocycles. The summed E-state index contributed by atoms with van der Waals surface area (Å²) in [5, 5.41) is 4.31. The first-order chi connectivity index (χ1) is 10.2. The molecule has 21 heavy (non-hydrogen) atoms. The number of Topliss-reactive ketones (excluding diaryl/α,β-unsaturated/α-hetero) is 1. The van der Waals surface area contributed by atoms with E-state index in [4.69, 9.17) is 4.98 Å². The van der Waals surface area contributed by atoms with Crippen LogP contribution < -0.4 is 0 Å². The Morgan fingerprint density at radius 1 is 1.24 bits per heavy atom. The van der Waals surface area contributed by atoms with Crippen molar-refractivity contribution in [1.82, 2.24) is 4.98 Å². The Labute approximate surface area is 137 Å². The van der Waals surface area contributed by atoms with Gasteiger partial charge in [0.25, 0.3) is 0 Å². The molecule has 0 N–H and O–H groups in total. The molecule has 0 radical (unpaired) electrons. The van der Waals surface area contributed by atoms with Crippen LogP contribution in [0.1, 0.15) is 33.2 Å². The Balaban J connectivity index is 1.69. The number of benzene rings is 1. The average molecular weight is 336 g/mol. The van der Waals surface area contributed by atoms with E-state index < -0.39 is 0 Å². The van der Waals surface area contributed by atoms with Crippen molar-refractivity contribution in [2.45, 2.75) is 23.8 Å². The molecule has 1 aromatic carbocycles. The lowest BCUT2D eigenvalue weighted by Crippen LogP contribution is -2.15. The van der Waals surface area contributed by atoms with Gasteiger partial charge < -0.3 is 0 Å². The predicted octanol–water partition coefficient (Wildman–Crippen LogP) is 4.48. The van der Waals surface area contributed by atoms with Gasteiger partial charge in [-0.05, 0) is 0 Å². The van der Waals surface area contributed by atoms with Crippen LogP contribution in [0.5, 0.6) is 0 Å². The van der Waals surface area contributed by atoms with E-state index in [1.165, 1.54) is 16.5 Å². The fraction of sp³-hybridized carbons (Fsp3) is 0.375.